The van der Waals surface area contributed by atoms with Gasteiger partial charge < -0.3 is 5.73 Å². The third-order valence-corrected chi connectivity index (χ3v) is 5.84. The maximum atomic E-state index is 9.33. The van der Waals surface area contributed by atoms with Crippen molar-refractivity contribution in [3.8, 4) is 34.8 Å². The van der Waals surface area contributed by atoms with Crippen LogP contribution in [0.5, 0.6) is 0 Å². The van der Waals surface area contributed by atoms with E-state index in [0.717, 1.165) is 22.2 Å². The molecule has 4 heterocycles. The van der Waals surface area contributed by atoms with Gasteiger partial charge in [-0.25, -0.2) is 9.97 Å². The zero-order chi connectivity index (χ0) is 21.4. The molecule has 5 rings (SSSR count). The molecular formula is C23H18N8. The number of pyridine rings is 3. The Morgan fingerprint density at radius 2 is 1.97 bits per heavy atom. The summed E-state index contributed by atoms with van der Waals surface area (Å²) in [6.45, 7) is 0. The summed E-state index contributed by atoms with van der Waals surface area (Å²) >= 11 is 0. The van der Waals surface area contributed by atoms with Gasteiger partial charge in [-0.05, 0) is 49.2 Å². The van der Waals surface area contributed by atoms with Gasteiger partial charge >= 0.3 is 0 Å². The van der Waals surface area contributed by atoms with Crippen LogP contribution >= 0.6 is 0 Å². The third kappa shape index (κ3) is 3.15. The first-order chi connectivity index (χ1) is 15.1. The normalized spacial score (nSPS) is 20.0. The molecule has 2 N–H and O–H groups in total. The summed E-state index contributed by atoms with van der Waals surface area (Å²) in [5, 5.41) is 24.2. The van der Waals surface area contributed by atoms with Crippen LogP contribution in [0.15, 0.2) is 55.0 Å². The topological polar surface area (TPSA) is 130 Å². The standard InChI is InChI=1S/C23H18N8/c24-6-5-23(12-15(13-23)14-25)31-9-4-18(30-31)22-17-2-1-7-27-20(17)11-19(29-22)16-3-8-28-21(26)10-16/h1-4,7-11,15H,5,12-13H2,(H2,26,28)/t15-,23-. The van der Waals surface area contributed by atoms with Crippen LogP contribution in [-0.2, 0) is 5.54 Å². The first kappa shape index (κ1) is 18.7. The van der Waals surface area contributed by atoms with E-state index in [0.29, 0.717) is 36.5 Å². The minimum Gasteiger partial charge on any atom is -0.384 e. The van der Waals surface area contributed by atoms with Crippen molar-refractivity contribution in [1.82, 2.24) is 24.7 Å². The lowest BCUT2D eigenvalue weighted by atomic mass is 9.67. The molecule has 4 aromatic heterocycles. The molecule has 0 aromatic carbocycles. The highest BCUT2D eigenvalue weighted by atomic mass is 15.3. The minimum atomic E-state index is -0.432. The van der Waals surface area contributed by atoms with E-state index in [1.165, 1.54) is 0 Å². The van der Waals surface area contributed by atoms with E-state index in [9.17, 15) is 10.5 Å². The van der Waals surface area contributed by atoms with E-state index in [1.54, 1.807) is 18.5 Å². The highest BCUT2D eigenvalue weighted by Gasteiger charge is 2.46. The van der Waals surface area contributed by atoms with Crippen LogP contribution < -0.4 is 5.73 Å². The van der Waals surface area contributed by atoms with Gasteiger partial charge in [-0.2, -0.15) is 15.6 Å². The molecule has 1 aliphatic carbocycles. The summed E-state index contributed by atoms with van der Waals surface area (Å²) in [6.07, 6.45) is 6.85. The predicted molar refractivity (Wildman–Crippen MR) is 115 cm³/mol. The van der Waals surface area contributed by atoms with Crippen molar-refractivity contribution in [3.63, 3.8) is 0 Å². The molecule has 0 bridgehead atoms. The lowest BCUT2D eigenvalue weighted by Gasteiger charge is -2.43. The molecule has 31 heavy (non-hydrogen) atoms. The second-order valence-corrected chi connectivity index (χ2v) is 7.83. The predicted octanol–water partition coefficient (Wildman–Crippen LogP) is 3.68. The van der Waals surface area contributed by atoms with E-state index < -0.39 is 5.54 Å². The number of hydrogen-bond donors (Lipinski definition) is 1. The molecular weight excluding hydrogens is 388 g/mol. The zero-order valence-electron chi connectivity index (χ0n) is 16.6. The summed E-state index contributed by atoms with van der Waals surface area (Å²) in [5.74, 6) is 0.381. The monoisotopic (exact) mass is 406 g/mol. The number of nitrogens with zero attached hydrogens (tertiary/aromatic N) is 7. The minimum absolute atomic E-state index is 0.0374. The van der Waals surface area contributed by atoms with Gasteiger partial charge in [0, 0.05) is 29.5 Å². The van der Waals surface area contributed by atoms with Gasteiger partial charge in [0.2, 0.25) is 0 Å². The number of anilines is 1. The number of rotatable bonds is 4. The molecule has 8 heteroatoms. The molecule has 0 radical (unpaired) electrons. The molecule has 8 nitrogen and oxygen atoms in total. The Kier molecular flexibility index (Phi) is 4.34. The van der Waals surface area contributed by atoms with Gasteiger partial charge in [-0.3, -0.25) is 9.67 Å². The van der Waals surface area contributed by atoms with Crippen LogP contribution in [0.1, 0.15) is 19.3 Å². The van der Waals surface area contributed by atoms with Crippen molar-refractivity contribution in [2.24, 2.45) is 5.92 Å². The van der Waals surface area contributed by atoms with Gasteiger partial charge in [0.15, 0.2) is 0 Å². The number of nitriles is 2. The Morgan fingerprint density at radius 1 is 1.10 bits per heavy atom. The molecule has 1 fully saturated rings. The molecule has 0 spiro atoms. The maximum Gasteiger partial charge on any atom is 0.123 e. The van der Waals surface area contributed by atoms with Crippen LogP contribution in [0.25, 0.3) is 33.5 Å². The van der Waals surface area contributed by atoms with Crippen LogP contribution in [0.4, 0.5) is 5.82 Å². The smallest absolute Gasteiger partial charge is 0.123 e. The van der Waals surface area contributed by atoms with Crippen molar-refractivity contribution in [2.75, 3.05) is 5.73 Å². The lowest BCUT2D eigenvalue weighted by molar-refractivity contribution is 0.0884. The van der Waals surface area contributed by atoms with Crippen molar-refractivity contribution in [2.45, 2.75) is 24.8 Å². The maximum absolute atomic E-state index is 9.33. The molecule has 0 saturated heterocycles. The van der Waals surface area contributed by atoms with Crippen LogP contribution in [0.3, 0.4) is 0 Å². The highest BCUT2D eigenvalue weighted by molar-refractivity contribution is 5.93. The molecule has 1 saturated carbocycles. The van der Waals surface area contributed by atoms with Crippen LogP contribution in [0, 0.1) is 28.6 Å². The molecule has 150 valence electrons. The number of aromatic nitrogens is 5. The fraction of sp³-hybridized carbons (Fsp3) is 0.217. The summed E-state index contributed by atoms with van der Waals surface area (Å²) in [4.78, 5) is 13.4. The number of nitrogens with two attached hydrogens (primary N) is 1. The Labute approximate surface area is 178 Å². The van der Waals surface area contributed by atoms with E-state index >= 15 is 0 Å². The first-order valence-electron chi connectivity index (χ1n) is 9.93. The zero-order valence-corrected chi connectivity index (χ0v) is 16.6. The molecule has 0 amide bonds. The van der Waals surface area contributed by atoms with Crippen LogP contribution in [-0.4, -0.2) is 24.7 Å². The fourth-order valence-electron chi connectivity index (χ4n) is 4.25. The molecule has 1 aliphatic rings. The Bertz CT molecular complexity index is 1370. The lowest BCUT2D eigenvalue weighted by Crippen LogP contribution is -2.46. The second-order valence-electron chi connectivity index (χ2n) is 7.83. The molecule has 0 aliphatic heterocycles. The first-order valence-corrected chi connectivity index (χ1v) is 9.93. The average Bonchev–Trinajstić information content (AvgIpc) is 3.25. The van der Waals surface area contributed by atoms with E-state index in [2.05, 4.69) is 22.1 Å². The largest absolute Gasteiger partial charge is 0.384 e. The van der Waals surface area contributed by atoms with Crippen LogP contribution in [0.2, 0.25) is 0 Å². The summed E-state index contributed by atoms with van der Waals surface area (Å²) in [7, 11) is 0. The summed E-state index contributed by atoms with van der Waals surface area (Å²) < 4.78 is 1.83. The van der Waals surface area contributed by atoms with Crippen molar-refractivity contribution in [1.29, 1.82) is 10.5 Å². The third-order valence-electron chi connectivity index (χ3n) is 5.84. The Hall–Kier alpha value is -4.30. The fourth-order valence-corrected chi connectivity index (χ4v) is 4.25. The quantitative estimate of drug-likeness (QED) is 0.547. The van der Waals surface area contributed by atoms with Crippen molar-refractivity contribution >= 4 is 16.7 Å². The Balaban J connectivity index is 1.63. The van der Waals surface area contributed by atoms with Gasteiger partial charge in [0.25, 0.3) is 0 Å². The Morgan fingerprint density at radius 3 is 2.74 bits per heavy atom. The van der Waals surface area contributed by atoms with Gasteiger partial charge in [-0.15, -0.1) is 0 Å². The molecule has 0 unspecified atom stereocenters. The molecule has 4 aromatic rings. The summed E-state index contributed by atoms with van der Waals surface area (Å²) in [6, 6.07) is 15.8. The van der Waals surface area contributed by atoms with Gasteiger partial charge in [0.05, 0.1) is 41.2 Å². The average molecular weight is 406 g/mol. The van der Waals surface area contributed by atoms with Gasteiger partial charge in [-0.1, -0.05) is 0 Å². The van der Waals surface area contributed by atoms with E-state index in [-0.39, 0.29) is 5.92 Å². The number of nitrogen functional groups attached to an aromatic ring is 1. The van der Waals surface area contributed by atoms with E-state index in [4.69, 9.17) is 15.8 Å². The van der Waals surface area contributed by atoms with Gasteiger partial charge in [0.1, 0.15) is 17.2 Å². The highest BCUT2D eigenvalue weighted by Crippen LogP contribution is 2.46. The second kappa shape index (κ2) is 7.19. The SMILES string of the molecule is N#CC[C@]1(n2ccc(-c3nc(-c4ccnc(N)c4)cc4ncccc34)n2)C[C@H](C#N)C1. The van der Waals surface area contributed by atoms with E-state index in [1.807, 2.05) is 41.2 Å². The number of fused-ring (bicyclic) bond motifs is 1. The number of hydrogen-bond acceptors (Lipinski definition) is 7. The molecule has 0 atom stereocenters. The summed E-state index contributed by atoms with van der Waals surface area (Å²) in [5.41, 5.74) is 9.20. The van der Waals surface area contributed by atoms with Crippen molar-refractivity contribution in [3.05, 3.63) is 55.0 Å². The van der Waals surface area contributed by atoms with Crippen molar-refractivity contribution < 1.29 is 0 Å².